The molecule has 0 unspecified atom stereocenters. The number of piperazine rings is 1. The van der Waals surface area contributed by atoms with Crippen LogP contribution < -0.4 is 10.2 Å². The highest BCUT2D eigenvalue weighted by atomic mass is 16.2. The second-order valence-electron chi connectivity index (χ2n) is 5.32. The van der Waals surface area contributed by atoms with Gasteiger partial charge in [0.2, 0.25) is 11.9 Å². The third-order valence-electron chi connectivity index (χ3n) is 3.27. The first kappa shape index (κ1) is 13.9. The molecule has 0 atom stereocenters. The van der Waals surface area contributed by atoms with Crippen LogP contribution in [0.25, 0.3) is 0 Å². The maximum atomic E-state index is 11.7. The maximum Gasteiger partial charge on any atom is 0.234 e. The van der Waals surface area contributed by atoms with Gasteiger partial charge in [0.15, 0.2) is 0 Å². The van der Waals surface area contributed by atoms with Crippen molar-refractivity contribution in [1.82, 2.24) is 19.8 Å². The summed E-state index contributed by atoms with van der Waals surface area (Å²) in [6, 6.07) is 0.210. The Morgan fingerprint density at radius 3 is 2.58 bits per heavy atom. The van der Waals surface area contributed by atoms with E-state index in [0.29, 0.717) is 6.54 Å². The number of imidazole rings is 1. The number of hydrogen-bond donors (Lipinski definition) is 1. The highest BCUT2D eigenvalue weighted by molar-refractivity contribution is 5.78. The van der Waals surface area contributed by atoms with Gasteiger partial charge in [-0.2, -0.15) is 0 Å². The van der Waals surface area contributed by atoms with Gasteiger partial charge in [-0.25, -0.2) is 4.98 Å². The van der Waals surface area contributed by atoms with E-state index in [1.54, 1.807) is 0 Å². The molecule has 2 heterocycles. The minimum absolute atomic E-state index is 0.112. The maximum absolute atomic E-state index is 11.7. The molecule has 1 saturated heterocycles. The first-order chi connectivity index (χ1) is 9.06. The molecule has 0 bridgehead atoms. The molecule has 106 valence electrons. The number of anilines is 1. The van der Waals surface area contributed by atoms with Gasteiger partial charge in [0, 0.05) is 51.7 Å². The van der Waals surface area contributed by atoms with Gasteiger partial charge in [-0.3, -0.25) is 9.69 Å². The zero-order valence-corrected chi connectivity index (χ0v) is 12.0. The van der Waals surface area contributed by atoms with Crippen LogP contribution in [0.5, 0.6) is 0 Å². The molecule has 0 saturated carbocycles. The molecule has 0 aromatic carbocycles. The molecule has 0 radical (unpaired) electrons. The highest BCUT2D eigenvalue weighted by Crippen LogP contribution is 2.12. The number of nitrogens with zero attached hydrogens (tertiary/aromatic N) is 4. The standard InChI is InChI=1S/C13H23N5O/c1-11(2)15-12(19)10-17-6-8-18(9-7-17)13-14-4-5-16(13)3/h4-5,11H,6-10H2,1-3H3,(H,15,19). The molecular weight excluding hydrogens is 242 g/mol. The molecule has 1 amide bonds. The lowest BCUT2D eigenvalue weighted by atomic mass is 10.3. The Morgan fingerprint density at radius 1 is 1.37 bits per heavy atom. The van der Waals surface area contributed by atoms with Gasteiger partial charge >= 0.3 is 0 Å². The molecule has 2 rings (SSSR count). The largest absolute Gasteiger partial charge is 0.353 e. The second-order valence-corrected chi connectivity index (χ2v) is 5.32. The van der Waals surface area contributed by atoms with Crippen molar-refractivity contribution >= 4 is 11.9 Å². The average Bonchev–Trinajstić information content (AvgIpc) is 2.75. The van der Waals surface area contributed by atoms with Gasteiger partial charge in [0.25, 0.3) is 0 Å². The van der Waals surface area contributed by atoms with Gasteiger partial charge < -0.3 is 14.8 Å². The van der Waals surface area contributed by atoms with E-state index in [1.165, 1.54) is 0 Å². The summed E-state index contributed by atoms with van der Waals surface area (Å²) < 4.78 is 2.03. The molecular formula is C13H23N5O. The molecule has 19 heavy (non-hydrogen) atoms. The normalized spacial score (nSPS) is 16.9. The Kier molecular flexibility index (Phi) is 4.42. The Hall–Kier alpha value is -1.56. The third kappa shape index (κ3) is 3.70. The molecule has 1 aliphatic rings. The van der Waals surface area contributed by atoms with Crippen molar-refractivity contribution < 1.29 is 4.79 Å². The Balaban J connectivity index is 1.80. The second kappa shape index (κ2) is 6.06. The molecule has 0 aliphatic carbocycles. The molecule has 0 spiro atoms. The zero-order valence-electron chi connectivity index (χ0n) is 12.0. The summed E-state index contributed by atoms with van der Waals surface area (Å²) >= 11 is 0. The Labute approximate surface area is 114 Å². The molecule has 1 aliphatic heterocycles. The zero-order chi connectivity index (χ0) is 13.8. The lowest BCUT2D eigenvalue weighted by molar-refractivity contribution is -0.122. The summed E-state index contributed by atoms with van der Waals surface area (Å²) in [7, 11) is 2.00. The Morgan fingerprint density at radius 2 is 2.05 bits per heavy atom. The van der Waals surface area contributed by atoms with Gasteiger partial charge in [-0.05, 0) is 13.8 Å². The van der Waals surface area contributed by atoms with Crippen LogP contribution in [0.3, 0.4) is 0 Å². The smallest absolute Gasteiger partial charge is 0.234 e. The molecule has 1 fully saturated rings. The average molecular weight is 265 g/mol. The lowest BCUT2D eigenvalue weighted by Crippen LogP contribution is -2.50. The van der Waals surface area contributed by atoms with Crippen LogP contribution in [0.2, 0.25) is 0 Å². The van der Waals surface area contributed by atoms with Crippen LogP contribution >= 0.6 is 0 Å². The number of nitrogens with one attached hydrogen (secondary N) is 1. The summed E-state index contributed by atoms with van der Waals surface area (Å²) in [5.74, 6) is 1.12. The molecule has 1 aromatic rings. The van der Waals surface area contributed by atoms with E-state index in [-0.39, 0.29) is 11.9 Å². The SMILES string of the molecule is CC(C)NC(=O)CN1CCN(c2nccn2C)CC1. The fourth-order valence-corrected chi connectivity index (χ4v) is 2.34. The van der Waals surface area contributed by atoms with Gasteiger partial charge in [0.05, 0.1) is 6.54 Å². The van der Waals surface area contributed by atoms with E-state index in [2.05, 4.69) is 20.1 Å². The minimum atomic E-state index is 0.112. The van der Waals surface area contributed by atoms with Crippen LogP contribution in [0, 0.1) is 0 Å². The van der Waals surface area contributed by atoms with Crippen LogP contribution in [0.15, 0.2) is 12.4 Å². The summed E-state index contributed by atoms with van der Waals surface area (Å²) in [6.45, 7) is 8.09. The van der Waals surface area contributed by atoms with Crippen molar-refractivity contribution in [3.8, 4) is 0 Å². The predicted molar refractivity (Wildman–Crippen MR) is 75.1 cm³/mol. The molecule has 6 nitrogen and oxygen atoms in total. The van der Waals surface area contributed by atoms with E-state index in [9.17, 15) is 4.79 Å². The van der Waals surface area contributed by atoms with Crippen LogP contribution in [0.1, 0.15) is 13.8 Å². The van der Waals surface area contributed by atoms with E-state index >= 15 is 0 Å². The van der Waals surface area contributed by atoms with Crippen LogP contribution in [-0.4, -0.2) is 59.1 Å². The van der Waals surface area contributed by atoms with Gasteiger partial charge in [-0.1, -0.05) is 0 Å². The quantitative estimate of drug-likeness (QED) is 0.837. The monoisotopic (exact) mass is 265 g/mol. The molecule has 1 aromatic heterocycles. The number of aryl methyl sites for hydroxylation is 1. The number of amides is 1. The van der Waals surface area contributed by atoms with Crippen LogP contribution in [0.4, 0.5) is 5.95 Å². The van der Waals surface area contributed by atoms with E-state index in [0.717, 1.165) is 32.1 Å². The van der Waals surface area contributed by atoms with E-state index in [4.69, 9.17) is 0 Å². The molecule has 6 heteroatoms. The number of carbonyl (C=O) groups is 1. The number of carbonyl (C=O) groups excluding carboxylic acids is 1. The predicted octanol–water partition coefficient (Wildman–Crippen LogP) is 0.0667. The van der Waals surface area contributed by atoms with Crippen molar-refractivity contribution in [1.29, 1.82) is 0 Å². The van der Waals surface area contributed by atoms with Crippen LogP contribution in [-0.2, 0) is 11.8 Å². The van der Waals surface area contributed by atoms with Crippen molar-refractivity contribution in [3.05, 3.63) is 12.4 Å². The number of rotatable bonds is 4. The molecule has 1 N–H and O–H groups in total. The fraction of sp³-hybridized carbons (Fsp3) is 0.692. The van der Waals surface area contributed by atoms with Crippen molar-refractivity contribution in [2.45, 2.75) is 19.9 Å². The van der Waals surface area contributed by atoms with E-state index in [1.807, 2.05) is 37.9 Å². The number of aromatic nitrogens is 2. The van der Waals surface area contributed by atoms with Gasteiger partial charge in [0.1, 0.15) is 0 Å². The highest BCUT2D eigenvalue weighted by Gasteiger charge is 2.21. The first-order valence-corrected chi connectivity index (χ1v) is 6.80. The third-order valence-corrected chi connectivity index (χ3v) is 3.27. The minimum Gasteiger partial charge on any atom is -0.353 e. The summed E-state index contributed by atoms with van der Waals surface area (Å²) in [4.78, 5) is 20.5. The van der Waals surface area contributed by atoms with Crippen molar-refractivity contribution in [3.63, 3.8) is 0 Å². The fourth-order valence-electron chi connectivity index (χ4n) is 2.34. The number of hydrogen-bond acceptors (Lipinski definition) is 4. The van der Waals surface area contributed by atoms with Gasteiger partial charge in [-0.15, -0.1) is 0 Å². The topological polar surface area (TPSA) is 53.4 Å². The lowest BCUT2D eigenvalue weighted by Gasteiger charge is -2.34. The van der Waals surface area contributed by atoms with Crippen molar-refractivity contribution in [2.24, 2.45) is 7.05 Å². The Bertz CT molecular complexity index is 420. The first-order valence-electron chi connectivity index (χ1n) is 6.80. The van der Waals surface area contributed by atoms with E-state index < -0.39 is 0 Å². The summed E-state index contributed by atoms with van der Waals surface area (Å²) in [5.41, 5.74) is 0. The summed E-state index contributed by atoms with van der Waals surface area (Å²) in [6.07, 6.45) is 3.77. The van der Waals surface area contributed by atoms with Crippen molar-refractivity contribution in [2.75, 3.05) is 37.6 Å². The summed E-state index contributed by atoms with van der Waals surface area (Å²) in [5, 5.41) is 2.93.